The van der Waals surface area contributed by atoms with Gasteiger partial charge in [-0.15, -0.1) is 11.3 Å². The molecular weight excluding hydrogens is 284 g/mol. The zero-order valence-corrected chi connectivity index (χ0v) is 13.5. The highest BCUT2D eigenvalue weighted by Crippen LogP contribution is 2.29. The molecule has 1 fully saturated rings. The molecule has 2 aliphatic rings. The van der Waals surface area contributed by atoms with Gasteiger partial charge in [0.05, 0.1) is 11.8 Å². The maximum absolute atomic E-state index is 12.0. The van der Waals surface area contributed by atoms with E-state index < -0.39 is 0 Å². The van der Waals surface area contributed by atoms with Gasteiger partial charge >= 0.3 is 0 Å². The number of nitrogens with one attached hydrogen (secondary N) is 1. The van der Waals surface area contributed by atoms with Crippen LogP contribution < -0.4 is 5.32 Å². The second kappa shape index (κ2) is 6.88. The van der Waals surface area contributed by atoms with Gasteiger partial charge in [0, 0.05) is 4.88 Å². The van der Waals surface area contributed by atoms with Gasteiger partial charge < -0.3 is 4.74 Å². The van der Waals surface area contributed by atoms with E-state index in [0.29, 0.717) is 5.92 Å². The molecule has 0 saturated heterocycles. The number of amides is 1. The Morgan fingerprint density at radius 1 is 1.29 bits per heavy atom. The van der Waals surface area contributed by atoms with E-state index >= 15 is 0 Å². The van der Waals surface area contributed by atoms with Gasteiger partial charge in [-0.25, -0.2) is 4.98 Å². The topological polar surface area (TPSA) is 51.2 Å². The average Bonchev–Trinajstić information content (AvgIpc) is 2.88. The molecular formula is C16H24N2O2S. The molecule has 1 aromatic rings. The van der Waals surface area contributed by atoms with Crippen molar-refractivity contribution >= 4 is 22.4 Å². The molecule has 0 spiro atoms. The van der Waals surface area contributed by atoms with Crippen molar-refractivity contribution in [3.63, 3.8) is 0 Å². The van der Waals surface area contributed by atoms with Gasteiger partial charge in [-0.1, -0.05) is 19.8 Å². The van der Waals surface area contributed by atoms with Crippen LogP contribution in [0.3, 0.4) is 0 Å². The molecule has 0 aliphatic heterocycles. The second-order valence-electron chi connectivity index (χ2n) is 6.26. The predicted octanol–water partition coefficient (Wildman–Crippen LogP) is 3.56. The van der Waals surface area contributed by atoms with E-state index in [1.54, 1.807) is 11.3 Å². The maximum atomic E-state index is 12.0. The van der Waals surface area contributed by atoms with E-state index in [9.17, 15) is 4.79 Å². The van der Waals surface area contributed by atoms with Gasteiger partial charge in [0.25, 0.3) is 5.91 Å². The lowest BCUT2D eigenvalue weighted by Gasteiger charge is -2.28. The van der Waals surface area contributed by atoms with Crippen molar-refractivity contribution in [2.24, 2.45) is 5.92 Å². The van der Waals surface area contributed by atoms with E-state index in [2.05, 4.69) is 17.2 Å². The van der Waals surface area contributed by atoms with E-state index in [4.69, 9.17) is 4.74 Å². The number of anilines is 1. The largest absolute Gasteiger partial charge is 0.368 e. The number of hydrogen-bond donors (Lipinski definition) is 1. The van der Waals surface area contributed by atoms with E-state index in [0.717, 1.165) is 24.4 Å². The molecule has 0 aromatic carbocycles. The van der Waals surface area contributed by atoms with Gasteiger partial charge in [0.1, 0.15) is 6.61 Å². The number of rotatable bonds is 4. The summed E-state index contributed by atoms with van der Waals surface area (Å²) < 4.78 is 5.80. The first-order chi connectivity index (χ1) is 10.2. The van der Waals surface area contributed by atoms with Crippen molar-refractivity contribution < 1.29 is 9.53 Å². The molecule has 1 heterocycles. The van der Waals surface area contributed by atoms with Gasteiger partial charge in [0.15, 0.2) is 5.13 Å². The quantitative estimate of drug-likeness (QED) is 0.925. The molecule has 1 N–H and O–H groups in total. The highest BCUT2D eigenvalue weighted by molar-refractivity contribution is 7.15. The minimum Gasteiger partial charge on any atom is -0.368 e. The molecule has 1 aromatic heterocycles. The minimum absolute atomic E-state index is 0.0705. The number of aryl methyl sites for hydroxylation is 2. The van der Waals surface area contributed by atoms with Crippen LogP contribution in [0.4, 0.5) is 5.13 Å². The number of carbonyl (C=O) groups is 1. The first-order valence-electron chi connectivity index (χ1n) is 8.12. The minimum atomic E-state index is -0.0705. The maximum Gasteiger partial charge on any atom is 0.252 e. The fourth-order valence-corrected chi connectivity index (χ4v) is 4.34. The van der Waals surface area contributed by atoms with Crippen molar-refractivity contribution in [2.75, 3.05) is 11.9 Å². The Morgan fingerprint density at radius 2 is 2.10 bits per heavy atom. The third-order valence-corrected chi connectivity index (χ3v) is 5.63. The first-order valence-corrected chi connectivity index (χ1v) is 8.94. The summed E-state index contributed by atoms with van der Waals surface area (Å²) in [4.78, 5) is 17.9. The Balaban J connectivity index is 1.48. The fraction of sp³-hybridized carbons (Fsp3) is 0.750. The standard InChI is InChI=1S/C16H24N2O2S/c1-11-6-2-4-8-13(11)20-10-15(19)18-16-17-12-7-3-5-9-14(12)21-16/h11,13H,2-10H2,1H3,(H,17,18,19). The lowest BCUT2D eigenvalue weighted by molar-refractivity contribution is -0.124. The second-order valence-corrected chi connectivity index (χ2v) is 7.34. The van der Waals surface area contributed by atoms with Crippen LogP contribution in [0.5, 0.6) is 0 Å². The summed E-state index contributed by atoms with van der Waals surface area (Å²) in [7, 11) is 0. The molecule has 2 aliphatic carbocycles. The number of carbonyl (C=O) groups excluding carboxylic acids is 1. The molecule has 1 saturated carbocycles. The van der Waals surface area contributed by atoms with Crippen molar-refractivity contribution in [3.8, 4) is 0 Å². The molecule has 2 unspecified atom stereocenters. The summed E-state index contributed by atoms with van der Waals surface area (Å²) in [6.45, 7) is 2.37. The van der Waals surface area contributed by atoms with Crippen molar-refractivity contribution in [2.45, 2.75) is 64.4 Å². The SMILES string of the molecule is CC1CCCCC1OCC(=O)Nc1nc2c(s1)CCCC2. The highest BCUT2D eigenvalue weighted by atomic mass is 32.1. The van der Waals surface area contributed by atoms with Gasteiger partial charge in [-0.05, 0) is 44.4 Å². The van der Waals surface area contributed by atoms with Gasteiger partial charge in [-0.3, -0.25) is 10.1 Å². The number of fused-ring (bicyclic) bond motifs is 1. The van der Waals surface area contributed by atoms with Crippen LogP contribution in [0.15, 0.2) is 0 Å². The lowest BCUT2D eigenvalue weighted by Crippen LogP contribution is -2.29. The van der Waals surface area contributed by atoms with Crippen molar-refractivity contribution in [1.82, 2.24) is 4.98 Å². The number of thiazole rings is 1. The Morgan fingerprint density at radius 3 is 2.90 bits per heavy atom. The average molecular weight is 308 g/mol. The van der Waals surface area contributed by atoms with Gasteiger partial charge in [-0.2, -0.15) is 0 Å². The Labute approximate surface area is 130 Å². The molecule has 116 valence electrons. The number of hydrogen-bond acceptors (Lipinski definition) is 4. The summed E-state index contributed by atoms with van der Waals surface area (Å²) in [5.74, 6) is 0.498. The van der Waals surface area contributed by atoms with Gasteiger partial charge in [0.2, 0.25) is 0 Å². The molecule has 21 heavy (non-hydrogen) atoms. The molecule has 4 nitrogen and oxygen atoms in total. The normalized spacial score (nSPS) is 25.4. The van der Waals surface area contributed by atoms with Crippen LogP contribution in [0.25, 0.3) is 0 Å². The van der Waals surface area contributed by atoms with Crippen LogP contribution in [0, 0.1) is 5.92 Å². The summed E-state index contributed by atoms with van der Waals surface area (Å²) in [6, 6.07) is 0. The van der Waals surface area contributed by atoms with Crippen LogP contribution in [-0.2, 0) is 22.4 Å². The number of aromatic nitrogens is 1. The predicted molar refractivity (Wildman–Crippen MR) is 84.8 cm³/mol. The van der Waals surface area contributed by atoms with E-state index in [1.807, 2.05) is 0 Å². The highest BCUT2D eigenvalue weighted by Gasteiger charge is 2.23. The van der Waals surface area contributed by atoms with Crippen LogP contribution in [-0.4, -0.2) is 23.6 Å². The fourth-order valence-electron chi connectivity index (χ4n) is 3.27. The van der Waals surface area contributed by atoms with Crippen molar-refractivity contribution in [1.29, 1.82) is 0 Å². The van der Waals surface area contributed by atoms with E-state index in [1.165, 1.54) is 42.7 Å². The van der Waals surface area contributed by atoms with Crippen LogP contribution >= 0.6 is 11.3 Å². The summed E-state index contributed by atoms with van der Waals surface area (Å²) in [5.41, 5.74) is 1.18. The molecule has 5 heteroatoms. The smallest absolute Gasteiger partial charge is 0.252 e. The third-order valence-electron chi connectivity index (χ3n) is 4.55. The lowest BCUT2D eigenvalue weighted by atomic mass is 9.88. The molecule has 2 atom stereocenters. The molecule has 0 bridgehead atoms. The summed E-state index contributed by atoms with van der Waals surface area (Å²) in [5, 5.41) is 3.64. The first kappa shape index (κ1) is 15.0. The monoisotopic (exact) mass is 308 g/mol. The summed E-state index contributed by atoms with van der Waals surface area (Å²) >= 11 is 1.63. The third kappa shape index (κ3) is 3.83. The zero-order valence-electron chi connectivity index (χ0n) is 12.7. The molecule has 1 amide bonds. The Hall–Kier alpha value is -0.940. The number of nitrogens with zero attached hydrogens (tertiary/aromatic N) is 1. The summed E-state index contributed by atoms with van der Waals surface area (Å²) in [6.07, 6.45) is 9.67. The van der Waals surface area contributed by atoms with E-state index in [-0.39, 0.29) is 18.6 Å². The Bertz CT molecular complexity index is 477. The molecule has 3 rings (SSSR count). The zero-order chi connectivity index (χ0) is 14.7. The number of ether oxygens (including phenoxy) is 1. The van der Waals surface area contributed by atoms with Crippen LogP contribution in [0.2, 0.25) is 0 Å². The Kier molecular flexibility index (Phi) is 4.91. The van der Waals surface area contributed by atoms with Crippen LogP contribution in [0.1, 0.15) is 56.0 Å². The van der Waals surface area contributed by atoms with Crippen molar-refractivity contribution in [3.05, 3.63) is 10.6 Å². The molecule has 0 radical (unpaired) electrons.